The Morgan fingerprint density at radius 1 is 1.36 bits per heavy atom. The van der Waals surface area contributed by atoms with Gasteiger partial charge in [0.15, 0.2) is 0 Å². The molecule has 0 saturated carbocycles. The standard InChI is InChI=1S/C10H19N3S/c1-10(2,3)9-11-13-6-5-12(4)7-8(13)14-9/h8H,5-7H2,1-4H3. The molecule has 2 rings (SSSR count). The molecule has 0 bridgehead atoms. The molecule has 1 atom stereocenters. The highest BCUT2D eigenvalue weighted by Gasteiger charge is 2.35. The number of hydrazone groups is 1. The zero-order chi connectivity index (χ0) is 10.3. The number of likely N-dealkylation sites (N-methyl/N-ethyl adjacent to an activating group) is 1. The second kappa shape index (κ2) is 3.42. The first kappa shape index (κ1) is 10.3. The first-order chi connectivity index (χ1) is 6.47. The zero-order valence-electron chi connectivity index (χ0n) is 9.45. The molecule has 0 N–H and O–H groups in total. The van der Waals surface area contributed by atoms with Crippen molar-refractivity contribution in [2.45, 2.75) is 26.1 Å². The first-order valence-electron chi connectivity index (χ1n) is 5.18. The van der Waals surface area contributed by atoms with Crippen LogP contribution in [0.15, 0.2) is 5.10 Å². The molecule has 80 valence electrons. The number of piperazine rings is 1. The van der Waals surface area contributed by atoms with Crippen LogP contribution in [-0.2, 0) is 0 Å². The summed E-state index contributed by atoms with van der Waals surface area (Å²) < 4.78 is 0. The molecule has 0 aliphatic carbocycles. The van der Waals surface area contributed by atoms with Gasteiger partial charge in [0.1, 0.15) is 10.4 Å². The molecule has 0 aromatic rings. The fraction of sp³-hybridized carbons (Fsp3) is 0.900. The van der Waals surface area contributed by atoms with Gasteiger partial charge in [0.05, 0.1) is 6.54 Å². The van der Waals surface area contributed by atoms with Crippen LogP contribution in [0.2, 0.25) is 0 Å². The predicted octanol–water partition coefficient (Wildman–Crippen LogP) is 1.67. The molecule has 0 radical (unpaired) electrons. The highest BCUT2D eigenvalue weighted by Crippen LogP contribution is 2.36. The monoisotopic (exact) mass is 213 g/mol. The predicted molar refractivity (Wildman–Crippen MR) is 62.5 cm³/mol. The van der Waals surface area contributed by atoms with Crippen molar-refractivity contribution in [3.63, 3.8) is 0 Å². The van der Waals surface area contributed by atoms with Gasteiger partial charge in [0.25, 0.3) is 0 Å². The average Bonchev–Trinajstić information content (AvgIpc) is 2.45. The van der Waals surface area contributed by atoms with E-state index in [-0.39, 0.29) is 5.41 Å². The van der Waals surface area contributed by atoms with Gasteiger partial charge in [-0.15, -0.1) is 0 Å². The summed E-state index contributed by atoms with van der Waals surface area (Å²) in [4.78, 5) is 2.38. The fourth-order valence-corrected chi connectivity index (χ4v) is 3.04. The molecule has 2 aliphatic heterocycles. The topological polar surface area (TPSA) is 18.8 Å². The van der Waals surface area contributed by atoms with Gasteiger partial charge in [-0.1, -0.05) is 32.5 Å². The molecule has 1 saturated heterocycles. The van der Waals surface area contributed by atoms with Crippen LogP contribution in [0.4, 0.5) is 0 Å². The zero-order valence-corrected chi connectivity index (χ0v) is 10.3. The summed E-state index contributed by atoms with van der Waals surface area (Å²) in [5, 5.41) is 8.81. The number of hydrogen-bond acceptors (Lipinski definition) is 4. The summed E-state index contributed by atoms with van der Waals surface area (Å²) in [6, 6.07) is 0. The molecule has 0 spiro atoms. The Labute approximate surface area is 90.5 Å². The third-order valence-electron chi connectivity index (χ3n) is 2.62. The summed E-state index contributed by atoms with van der Waals surface area (Å²) >= 11 is 1.94. The van der Waals surface area contributed by atoms with Gasteiger partial charge < -0.3 is 4.90 Å². The van der Waals surface area contributed by atoms with Gasteiger partial charge in [-0.2, -0.15) is 5.10 Å². The highest BCUT2D eigenvalue weighted by atomic mass is 32.2. The maximum Gasteiger partial charge on any atom is 0.111 e. The van der Waals surface area contributed by atoms with Crippen LogP contribution in [0.25, 0.3) is 0 Å². The minimum atomic E-state index is 0.209. The minimum Gasteiger partial charge on any atom is -0.302 e. The Bertz CT molecular complexity index is 257. The van der Waals surface area contributed by atoms with Gasteiger partial charge in [-0.25, -0.2) is 0 Å². The maximum absolute atomic E-state index is 4.70. The van der Waals surface area contributed by atoms with Crippen LogP contribution in [0, 0.1) is 5.41 Å². The molecule has 1 fully saturated rings. The lowest BCUT2D eigenvalue weighted by molar-refractivity contribution is 0.144. The van der Waals surface area contributed by atoms with E-state index in [0.717, 1.165) is 19.6 Å². The molecule has 14 heavy (non-hydrogen) atoms. The molecule has 1 unspecified atom stereocenters. The molecule has 0 amide bonds. The van der Waals surface area contributed by atoms with Crippen LogP contribution in [0.5, 0.6) is 0 Å². The number of rotatable bonds is 0. The Balaban J connectivity index is 2.07. The summed E-state index contributed by atoms with van der Waals surface area (Å²) in [7, 11) is 2.19. The molecular weight excluding hydrogens is 194 g/mol. The lowest BCUT2D eigenvalue weighted by Crippen LogP contribution is -2.45. The van der Waals surface area contributed by atoms with Crippen LogP contribution in [0.1, 0.15) is 20.8 Å². The second-order valence-electron chi connectivity index (χ2n) is 5.15. The fourth-order valence-electron chi connectivity index (χ4n) is 1.68. The van der Waals surface area contributed by atoms with Crippen molar-refractivity contribution >= 4 is 16.8 Å². The van der Waals surface area contributed by atoms with Gasteiger partial charge in [-0.05, 0) is 7.05 Å². The van der Waals surface area contributed by atoms with E-state index in [1.165, 1.54) is 5.04 Å². The molecule has 4 heteroatoms. The van der Waals surface area contributed by atoms with Gasteiger partial charge >= 0.3 is 0 Å². The lowest BCUT2D eigenvalue weighted by atomic mass is 9.99. The van der Waals surface area contributed by atoms with Gasteiger partial charge in [-0.3, -0.25) is 5.01 Å². The number of thioether (sulfide) groups is 1. The smallest absolute Gasteiger partial charge is 0.111 e. The van der Waals surface area contributed by atoms with Crippen LogP contribution >= 0.6 is 11.8 Å². The van der Waals surface area contributed by atoms with E-state index in [1.54, 1.807) is 0 Å². The van der Waals surface area contributed by atoms with Crippen molar-refractivity contribution in [1.82, 2.24) is 9.91 Å². The van der Waals surface area contributed by atoms with E-state index in [2.05, 4.69) is 37.7 Å². The van der Waals surface area contributed by atoms with Crippen molar-refractivity contribution < 1.29 is 0 Å². The first-order valence-corrected chi connectivity index (χ1v) is 6.06. The van der Waals surface area contributed by atoms with Crippen LogP contribution < -0.4 is 0 Å². The van der Waals surface area contributed by atoms with E-state index in [9.17, 15) is 0 Å². The van der Waals surface area contributed by atoms with Gasteiger partial charge in [0, 0.05) is 18.5 Å². The molecule has 2 aliphatic rings. The lowest BCUT2D eigenvalue weighted by Gasteiger charge is -2.33. The molecule has 0 aromatic heterocycles. The third kappa shape index (κ3) is 1.91. The Morgan fingerprint density at radius 3 is 2.71 bits per heavy atom. The molecular formula is C10H19N3S. The average molecular weight is 213 g/mol. The Morgan fingerprint density at radius 2 is 2.07 bits per heavy atom. The quantitative estimate of drug-likeness (QED) is 0.610. The number of hydrogen-bond donors (Lipinski definition) is 0. The van der Waals surface area contributed by atoms with E-state index >= 15 is 0 Å². The normalized spacial score (nSPS) is 29.0. The van der Waals surface area contributed by atoms with Crippen LogP contribution in [-0.4, -0.2) is 47.0 Å². The summed E-state index contributed by atoms with van der Waals surface area (Å²) in [6.07, 6.45) is 0. The largest absolute Gasteiger partial charge is 0.302 e. The van der Waals surface area contributed by atoms with Crippen molar-refractivity contribution in [3.05, 3.63) is 0 Å². The van der Waals surface area contributed by atoms with Crippen LogP contribution in [0.3, 0.4) is 0 Å². The summed E-state index contributed by atoms with van der Waals surface area (Å²) in [6.45, 7) is 10.1. The Hall–Kier alpha value is -0.220. The second-order valence-corrected chi connectivity index (χ2v) is 6.32. The number of nitrogens with zero attached hydrogens (tertiary/aromatic N) is 3. The minimum absolute atomic E-state index is 0.209. The summed E-state index contributed by atoms with van der Waals surface area (Å²) in [5.41, 5.74) is 0.209. The SMILES string of the molecule is CN1CCN2N=C(C(C)(C)C)SC2C1. The maximum atomic E-state index is 4.70. The number of fused-ring (bicyclic) bond motifs is 1. The van der Waals surface area contributed by atoms with E-state index in [1.807, 2.05) is 11.8 Å². The van der Waals surface area contributed by atoms with E-state index < -0.39 is 0 Å². The van der Waals surface area contributed by atoms with Crippen molar-refractivity contribution in [1.29, 1.82) is 0 Å². The van der Waals surface area contributed by atoms with E-state index in [0.29, 0.717) is 5.37 Å². The van der Waals surface area contributed by atoms with Gasteiger partial charge in [0.2, 0.25) is 0 Å². The van der Waals surface area contributed by atoms with Crippen molar-refractivity contribution in [3.8, 4) is 0 Å². The molecule has 2 heterocycles. The van der Waals surface area contributed by atoms with Crippen molar-refractivity contribution in [2.75, 3.05) is 26.7 Å². The van der Waals surface area contributed by atoms with Crippen molar-refractivity contribution in [2.24, 2.45) is 10.5 Å². The summed E-state index contributed by atoms with van der Waals surface area (Å²) in [5.74, 6) is 0. The third-order valence-corrected chi connectivity index (χ3v) is 4.20. The molecule has 0 aromatic carbocycles. The Kier molecular flexibility index (Phi) is 2.52. The molecule has 3 nitrogen and oxygen atoms in total. The van der Waals surface area contributed by atoms with E-state index in [4.69, 9.17) is 5.10 Å². The highest BCUT2D eigenvalue weighted by molar-refractivity contribution is 8.14.